The highest BCUT2D eigenvalue weighted by Crippen LogP contribution is 2.10. The van der Waals surface area contributed by atoms with E-state index in [9.17, 15) is 4.79 Å². The highest BCUT2D eigenvalue weighted by atomic mass is 79.9. The van der Waals surface area contributed by atoms with Gasteiger partial charge in [0.2, 0.25) is 0 Å². The molecule has 0 bridgehead atoms. The van der Waals surface area contributed by atoms with Gasteiger partial charge in [-0.25, -0.2) is 0 Å². The van der Waals surface area contributed by atoms with Crippen molar-refractivity contribution in [3.63, 3.8) is 0 Å². The van der Waals surface area contributed by atoms with E-state index in [-0.39, 0.29) is 0 Å². The van der Waals surface area contributed by atoms with Crippen LogP contribution >= 0.6 is 15.9 Å². The van der Waals surface area contributed by atoms with Crippen LogP contribution in [0.25, 0.3) is 0 Å². The molecule has 48 valence electrons. The number of hydrogen-bond acceptors (Lipinski definition) is 2. The molecule has 0 aliphatic rings. The summed E-state index contributed by atoms with van der Waals surface area (Å²) in [6.45, 7) is 0. The number of primary amides is 1. The maximum absolute atomic E-state index is 10.4. The van der Waals surface area contributed by atoms with Crippen LogP contribution in [0.1, 0.15) is 10.5 Å². The Morgan fingerprint density at radius 1 is 1.89 bits per heavy atom. The quantitative estimate of drug-likeness (QED) is 0.667. The molecule has 1 aromatic rings. The van der Waals surface area contributed by atoms with Crippen molar-refractivity contribution >= 4 is 21.8 Å². The number of nitrogens with zero attached hydrogens (tertiary/aromatic N) is 1. The molecule has 3 N–H and O–H groups in total. The van der Waals surface area contributed by atoms with Crippen LogP contribution in [-0.2, 0) is 0 Å². The predicted octanol–water partition coefficient (Wildman–Crippen LogP) is 0.271. The molecule has 1 aromatic heterocycles. The largest absolute Gasteiger partial charge is 0.364 e. The molecule has 1 amide bonds. The van der Waals surface area contributed by atoms with Crippen molar-refractivity contribution in [2.75, 3.05) is 0 Å². The molecule has 0 atom stereocenters. The number of amides is 1. The van der Waals surface area contributed by atoms with Crippen LogP contribution in [-0.4, -0.2) is 16.1 Å². The van der Waals surface area contributed by atoms with Crippen molar-refractivity contribution in [3.05, 3.63) is 16.4 Å². The zero-order valence-electron chi connectivity index (χ0n) is 4.39. The van der Waals surface area contributed by atoms with E-state index in [0.29, 0.717) is 10.2 Å². The first-order valence-corrected chi connectivity index (χ1v) is 3.00. The van der Waals surface area contributed by atoms with Crippen molar-refractivity contribution in [2.45, 2.75) is 0 Å². The Morgan fingerprint density at radius 3 is 2.78 bits per heavy atom. The van der Waals surface area contributed by atoms with Crippen LogP contribution in [0.5, 0.6) is 0 Å². The van der Waals surface area contributed by atoms with Gasteiger partial charge in [-0.3, -0.25) is 9.89 Å². The number of carbonyl (C=O) groups is 1. The normalized spacial score (nSPS) is 9.44. The molecule has 0 fully saturated rings. The average Bonchev–Trinajstić information content (AvgIpc) is 2.13. The lowest BCUT2D eigenvalue weighted by Gasteiger charge is -1.85. The lowest BCUT2D eigenvalue weighted by molar-refractivity contribution is 0.0995. The molecule has 0 aliphatic carbocycles. The number of H-pyrrole nitrogens is 1. The van der Waals surface area contributed by atoms with Crippen molar-refractivity contribution < 1.29 is 4.79 Å². The minimum absolute atomic E-state index is 0.301. The van der Waals surface area contributed by atoms with E-state index in [1.54, 1.807) is 0 Å². The van der Waals surface area contributed by atoms with Crippen LogP contribution in [0.15, 0.2) is 10.7 Å². The van der Waals surface area contributed by atoms with Crippen LogP contribution in [0.3, 0.4) is 0 Å². The van der Waals surface area contributed by atoms with Crippen molar-refractivity contribution in [2.24, 2.45) is 5.73 Å². The lowest BCUT2D eigenvalue weighted by atomic mass is 10.4. The predicted molar refractivity (Wildman–Crippen MR) is 34.8 cm³/mol. The SMILES string of the molecule is NC(=O)c1[nH]ncc1Br. The second kappa shape index (κ2) is 2.18. The number of nitrogens with two attached hydrogens (primary N) is 1. The molecule has 0 saturated heterocycles. The molecule has 0 radical (unpaired) electrons. The molecule has 1 rings (SSSR count). The standard InChI is InChI=1S/C4H4BrN3O/c5-2-1-7-8-3(2)4(6)9/h1H,(H2,6,9)(H,7,8). The van der Waals surface area contributed by atoms with Gasteiger partial charge in [0.05, 0.1) is 10.7 Å². The zero-order valence-corrected chi connectivity index (χ0v) is 5.97. The molecule has 1 heterocycles. The van der Waals surface area contributed by atoms with E-state index < -0.39 is 5.91 Å². The molecular formula is C4H4BrN3O. The molecular weight excluding hydrogens is 186 g/mol. The summed E-state index contributed by atoms with van der Waals surface area (Å²) in [6.07, 6.45) is 1.47. The maximum atomic E-state index is 10.4. The minimum atomic E-state index is -0.514. The molecule has 0 unspecified atom stereocenters. The van der Waals surface area contributed by atoms with Gasteiger partial charge in [0.25, 0.3) is 5.91 Å². The summed E-state index contributed by atoms with van der Waals surface area (Å²) >= 11 is 3.07. The van der Waals surface area contributed by atoms with E-state index in [4.69, 9.17) is 5.73 Å². The molecule has 0 aromatic carbocycles. The first-order chi connectivity index (χ1) is 4.22. The van der Waals surface area contributed by atoms with Gasteiger partial charge >= 0.3 is 0 Å². The van der Waals surface area contributed by atoms with Crippen LogP contribution in [0.4, 0.5) is 0 Å². The van der Waals surface area contributed by atoms with Gasteiger partial charge in [0.1, 0.15) is 5.69 Å². The van der Waals surface area contributed by atoms with E-state index in [1.165, 1.54) is 6.20 Å². The third-order valence-corrected chi connectivity index (χ3v) is 1.44. The van der Waals surface area contributed by atoms with Crippen LogP contribution in [0, 0.1) is 0 Å². The number of rotatable bonds is 1. The first kappa shape index (κ1) is 6.28. The topological polar surface area (TPSA) is 71.8 Å². The fourth-order valence-corrected chi connectivity index (χ4v) is 0.831. The van der Waals surface area contributed by atoms with Gasteiger partial charge < -0.3 is 5.73 Å². The fourth-order valence-electron chi connectivity index (χ4n) is 0.444. The summed E-state index contributed by atoms with van der Waals surface area (Å²) in [5, 5.41) is 6.00. The van der Waals surface area contributed by atoms with E-state index >= 15 is 0 Å². The molecule has 9 heavy (non-hydrogen) atoms. The Balaban J connectivity index is 3.08. The summed E-state index contributed by atoms with van der Waals surface area (Å²) < 4.78 is 0.593. The highest BCUT2D eigenvalue weighted by molar-refractivity contribution is 9.10. The zero-order chi connectivity index (χ0) is 6.85. The van der Waals surface area contributed by atoms with E-state index in [0.717, 1.165) is 0 Å². The number of hydrogen-bond donors (Lipinski definition) is 2. The smallest absolute Gasteiger partial charge is 0.267 e. The first-order valence-electron chi connectivity index (χ1n) is 2.20. The number of halogens is 1. The third-order valence-electron chi connectivity index (χ3n) is 0.839. The van der Waals surface area contributed by atoms with Gasteiger partial charge in [-0.1, -0.05) is 0 Å². The number of nitrogens with one attached hydrogen (secondary N) is 1. The Hall–Kier alpha value is -0.840. The minimum Gasteiger partial charge on any atom is -0.364 e. The van der Waals surface area contributed by atoms with Crippen LogP contribution < -0.4 is 5.73 Å². The van der Waals surface area contributed by atoms with Crippen molar-refractivity contribution in [3.8, 4) is 0 Å². The number of aromatic amines is 1. The average molecular weight is 190 g/mol. The molecule has 4 nitrogen and oxygen atoms in total. The second-order valence-electron chi connectivity index (χ2n) is 1.46. The number of aromatic nitrogens is 2. The molecule has 0 aliphatic heterocycles. The van der Waals surface area contributed by atoms with E-state index in [2.05, 4.69) is 26.1 Å². The summed E-state index contributed by atoms with van der Waals surface area (Å²) in [6, 6.07) is 0. The summed E-state index contributed by atoms with van der Waals surface area (Å²) in [7, 11) is 0. The Labute approximate surface area is 59.6 Å². The summed E-state index contributed by atoms with van der Waals surface area (Å²) in [5.41, 5.74) is 5.22. The van der Waals surface area contributed by atoms with Crippen molar-refractivity contribution in [1.29, 1.82) is 0 Å². The summed E-state index contributed by atoms with van der Waals surface area (Å²) in [4.78, 5) is 10.4. The van der Waals surface area contributed by atoms with Crippen molar-refractivity contribution in [1.82, 2.24) is 10.2 Å². The van der Waals surface area contributed by atoms with Gasteiger partial charge in [-0.2, -0.15) is 5.10 Å². The Bertz CT molecular complexity index is 231. The van der Waals surface area contributed by atoms with Gasteiger partial charge in [0, 0.05) is 0 Å². The highest BCUT2D eigenvalue weighted by Gasteiger charge is 2.05. The van der Waals surface area contributed by atoms with Crippen LogP contribution in [0.2, 0.25) is 0 Å². The third kappa shape index (κ3) is 1.10. The molecule has 0 saturated carbocycles. The fraction of sp³-hybridized carbons (Fsp3) is 0. The van der Waals surface area contributed by atoms with Gasteiger partial charge in [-0.15, -0.1) is 0 Å². The van der Waals surface area contributed by atoms with Gasteiger partial charge in [-0.05, 0) is 15.9 Å². The summed E-state index contributed by atoms with van der Waals surface area (Å²) in [5.74, 6) is -0.514. The monoisotopic (exact) mass is 189 g/mol. The van der Waals surface area contributed by atoms with E-state index in [1.807, 2.05) is 0 Å². The molecule has 5 heteroatoms. The maximum Gasteiger partial charge on any atom is 0.267 e. The second-order valence-corrected chi connectivity index (χ2v) is 2.31. The molecule has 0 spiro atoms. The van der Waals surface area contributed by atoms with Gasteiger partial charge in [0.15, 0.2) is 0 Å². The number of carbonyl (C=O) groups excluding carboxylic acids is 1. The Kier molecular flexibility index (Phi) is 1.52. The Morgan fingerprint density at radius 2 is 2.56 bits per heavy atom. The lowest BCUT2D eigenvalue weighted by Crippen LogP contribution is -2.11.